The van der Waals surface area contributed by atoms with Crippen LogP contribution in [0.5, 0.6) is 11.5 Å². The monoisotopic (exact) mass is 926 g/mol. The van der Waals surface area contributed by atoms with Gasteiger partial charge in [-0.3, -0.25) is 9.59 Å². The zero-order valence-electron chi connectivity index (χ0n) is 38.1. The summed E-state index contributed by atoms with van der Waals surface area (Å²) in [6, 6.07) is 14.8. The zero-order valence-corrected chi connectivity index (χ0v) is 38.1. The molecule has 4 aromatic rings. The predicted molar refractivity (Wildman–Crippen MR) is 246 cm³/mol. The van der Waals surface area contributed by atoms with Crippen LogP contribution < -0.4 is 15.4 Å². The lowest BCUT2D eigenvalue weighted by Gasteiger charge is -2.28. The van der Waals surface area contributed by atoms with Crippen LogP contribution in [-0.4, -0.2) is 130 Å². The van der Waals surface area contributed by atoms with E-state index in [0.29, 0.717) is 50.4 Å². The van der Waals surface area contributed by atoms with Gasteiger partial charge in [-0.05, 0) is 117 Å². The number of benzene rings is 2. The third-order valence-corrected chi connectivity index (χ3v) is 12.6. The van der Waals surface area contributed by atoms with Crippen molar-refractivity contribution < 1.29 is 47.6 Å². The molecule has 2 saturated heterocycles. The van der Waals surface area contributed by atoms with E-state index in [2.05, 4.69) is 28.8 Å². The highest BCUT2D eigenvalue weighted by atomic mass is 19.1. The molecular formula is C49H60F2N8O8. The molecule has 4 aliphatic heterocycles. The summed E-state index contributed by atoms with van der Waals surface area (Å²) in [5, 5.41) is 25.6. The summed E-state index contributed by atoms with van der Waals surface area (Å²) in [5.41, 5.74) is 5.37. The first-order valence-electron chi connectivity index (χ1n) is 23.2. The summed E-state index contributed by atoms with van der Waals surface area (Å²) in [6.45, 7) is 6.79. The maximum absolute atomic E-state index is 14.2. The Morgan fingerprint density at radius 1 is 0.731 bits per heavy atom. The molecule has 2 atom stereocenters. The van der Waals surface area contributed by atoms with Crippen LogP contribution in [0.4, 0.5) is 30.0 Å². The molecule has 67 heavy (non-hydrogen) atoms. The molecule has 2 aromatic heterocycles. The van der Waals surface area contributed by atoms with Gasteiger partial charge in [0.1, 0.15) is 11.6 Å². The van der Waals surface area contributed by atoms with E-state index in [9.17, 15) is 38.2 Å². The molecule has 16 nitrogen and oxygen atoms in total. The van der Waals surface area contributed by atoms with Gasteiger partial charge in [0.25, 0.3) is 0 Å². The average Bonchev–Trinajstić information content (AvgIpc) is 3.88. The van der Waals surface area contributed by atoms with E-state index in [-0.39, 0.29) is 37.3 Å². The fourth-order valence-corrected chi connectivity index (χ4v) is 9.09. The Morgan fingerprint density at radius 2 is 1.25 bits per heavy atom. The minimum Gasteiger partial charge on any atom is -0.505 e. The number of aliphatic carboxylic acids is 1. The molecule has 0 radical (unpaired) electrons. The molecule has 4 N–H and O–H groups in total. The van der Waals surface area contributed by atoms with Crippen LogP contribution in [0.25, 0.3) is 0 Å². The third kappa shape index (κ3) is 12.2. The number of amides is 4. The van der Waals surface area contributed by atoms with Crippen molar-refractivity contribution in [1.29, 1.82) is 0 Å². The number of carbonyl (C=O) groups is 4. The lowest BCUT2D eigenvalue weighted by Crippen LogP contribution is -2.36. The second kappa shape index (κ2) is 22.7. The van der Waals surface area contributed by atoms with Crippen LogP contribution in [-0.2, 0) is 40.0 Å². The average molecular weight is 927 g/mol. The number of urea groups is 2. The maximum Gasteiger partial charge on any atom is 0.320 e. The Morgan fingerprint density at radius 3 is 1.75 bits per heavy atom. The van der Waals surface area contributed by atoms with Gasteiger partial charge in [-0.25, -0.2) is 28.3 Å². The zero-order chi connectivity index (χ0) is 47.5. The molecule has 4 aliphatic rings. The molecule has 6 heterocycles. The molecule has 18 heteroatoms. The summed E-state index contributed by atoms with van der Waals surface area (Å²) in [6.07, 6.45) is 6.99. The van der Waals surface area contributed by atoms with Gasteiger partial charge in [-0.2, -0.15) is 0 Å². The maximum atomic E-state index is 14.2. The second-order valence-corrected chi connectivity index (χ2v) is 17.1. The largest absolute Gasteiger partial charge is 0.505 e. The Balaban J connectivity index is 0.000000199. The number of aromatic hydroxyl groups is 1. The van der Waals surface area contributed by atoms with Crippen LogP contribution in [0.1, 0.15) is 91.2 Å². The van der Waals surface area contributed by atoms with E-state index in [1.54, 1.807) is 27.7 Å². The summed E-state index contributed by atoms with van der Waals surface area (Å²) in [4.78, 5) is 66.0. The molecule has 0 saturated carbocycles. The van der Waals surface area contributed by atoms with Gasteiger partial charge in [-0.15, -0.1) is 0 Å². The fraction of sp³-hybridized carbons (Fsp3) is 0.469. The molecule has 4 amide bonds. The number of anilines is 2. The van der Waals surface area contributed by atoms with Crippen LogP contribution in [0, 0.1) is 11.6 Å². The molecule has 0 spiro atoms. The van der Waals surface area contributed by atoms with Crippen LogP contribution >= 0.6 is 0 Å². The number of halogens is 2. The number of nitrogens with zero attached hydrogens (tertiary/aromatic N) is 6. The minimum atomic E-state index is -1.05. The highest BCUT2D eigenvalue weighted by molar-refractivity contribution is 5.79. The van der Waals surface area contributed by atoms with Crippen LogP contribution in [0.2, 0.25) is 0 Å². The third-order valence-electron chi connectivity index (χ3n) is 12.6. The lowest BCUT2D eigenvalue weighted by atomic mass is 10.0. The molecule has 0 unspecified atom stereocenters. The standard InChI is InChI=1S/C25H31FN4O4.C24H29FN4O4/c1-2-34-23(32)16-21(18-8-10-22(31)20(26)15-18)30-14-13-29(25(30)33)12-4-6-19-9-7-17-5-3-11-27-24(17)28-19;1-33-21-9-7-17(14-19(21)25)20(15-22(30)31)29-13-12-28(24(29)32)11-3-5-18-8-6-16-4-2-10-26-23(16)27-18/h7-10,15,21,31H,2-6,11-14,16H2,1H3,(H,27,28);6-9,14,20H,2-5,10-13,15H2,1H3,(H,26,27)(H,30,31)/t21-;20-/m00/s1. The van der Waals surface area contributed by atoms with Gasteiger partial charge in [0.15, 0.2) is 23.1 Å². The van der Waals surface area contributed by atoms with Gasteiger partial charge in [0.05, 0.1) is 38.6 Å². The number of carboxylic acids is 1. The van der Waals surface area contributed by atoms with E-state index < -0.39 is 41.4 Å². The molecular weight excluding hydrogens is 867 g/mol. The van der Waals surface area contributed by atoms with E-state index in [1.807, 2.05) is 6.07 Å². The Labute approximate surface area is 389 Å². The topological polar surface area (TPSA) is 190 Å². The molecule has 358 valence electrons. The van der Waals surface area contributed by atoms with Crippen LogP contribution in [0.15, 0.2) is 60.7 Å². The van der Waals surface area contributed by atoms with Gasteiger partial charge in [-0.1, -0.05) is 24.3 Å². The molecule has 8 rings (SSSR count). The number of carbonyl (C=O) groups excluding carboxylic acids is 3. The molecule has 2 fully saturated rings. The SMILES string of the molecule is CCOC(=O)C[C@@H](c1ccc(O)c(F)c1)N1CCN(CCCc2ccc3c(n2)NCCC3)C1=O.COc1ccc([C@H](CC(=O)O)N2CCN(CCCc3ccc4c(n3)NCCC4)C2=O)cc1F. The number of fused-ring (bicyclic) bond motifs is 2. The normalized spacial score (nSPS) is 16.3. The first-order valence-corrected chi connectivity index (χ1v) is 23.2. The van der Waals surface area contributed by atoms with Gasteiger partial charge >= 0.3 is 24.0 Å². The van der Waals surface area contributed by atoms with Gasteiger partial charge in [0.2, 0.25) is 0 Å². The number of phenolic OH excluding ortho intramolecular Hbond substituents is 1. The Bertz CT molecular complexity index is 2410. The van der Waals surface area contributed by atoms with Crippen molar-refractivity contribution in [3.8, 4) is 11.5 Å². The van der Waals surface area contributed by atoms with Crippen molar-refractivity contribution in [2.45, 2.75) is 83.2 Å². The van der Waals surface area contributed by atoms with E-state index in [0.717, 1.165) is 87.5 Å². The Kier molecular flexibility index (Phi) is 16.3. The molecule has 2 aromatic carbocycles. The van der Waals surface area contributed by atoms with Gasteiger partial charge < -0.3 is 49.9 Å². The molecule has 0 bridgehead atoms. The number of methoxy groups -OCH3 is 1. The minimum absolute atomic E-state index is 0.0770. The van der Waals surface area contributed by atoms with Crippen molar-refractivity contribution in [3.63, 3.8) is 0 Å². The Hall–Kier alpha value is -6.72. The smallest absolute Gasteiger partial charge is 0.320 e. The number of rotatable bonds is 18. The van der Waals surface area contributed by atoms with Crippen molar-refractivity contribution >= 4 is 35.6 Å². The first-order chi connectivity index (χ1) is 32.4. The van der Waals surface area contributed by atoms with Crippen molar-refractivity contribution in [2.75, 3.05) is 76.7 Å². The fourth-order valence-electron chi connectivity index (χ4n) is 9.09. The lowest BCUT2D eigenvalue weighted by molar-refractivity contribution is -0.144. The predicted octanol–water partition coefficient (Wildman–Crippen LogP) is 7.12. The number of aromatic nitrogens is 2. The number of carboxylic acid groups (broad SMARTS) is 1. The number of pyridine rings is 2. The van der Waals surface area contributed by atoms with Crippen molar-refractivity contribution in [3.05, 3.63) is 106 Å². The van der Waals surface area contributed by atoms with Crippen molar-refractivity contribution in [1.82, 2.24) is 29.6 Å². The number of ether oxygens (including phenoxy) is 2. The second-order valence-electron chi connectivity index (χ2n) is 17.1. The van der Waals surface area contributed by atoms with E-state index >= 15 is 0 Å². The summed E-state index contributed by atoms with van der Waals surface area (Å²) < 4.78 is 38.3. The van der Waals surface area contributed by atoms with Crippen molar-refractivity contribution in [2.24, 2.45) is 0 Å². The number of hydrogen-bond acceptors (Lipinski definition) is 11. The highest BCUT2D eigenvalue weighted by Crippen LogP contribution is 2.33. The quantitative estimate of drug-likeness (QED) is 0.0741. The van der Waals surface area contributed by atoms with E-state index in [1.165, 1.54) is 53.5 Å². The van der Waals surface area contributed by atoms with Crippen LogP contribution in [0.3, 0.4) is 0 Å². The number of esters is 1. The molecule has 0 aliphatic carbocycles. The summed E-state index contributed by atoms with van der Waals surface area (Å²) in [5.74, 6) is -1.34. The number of nitrogens with one attached hydrogen (secondary N) is 2. The van der Waals surface area contributed by atoms with E-state index in [4.69, 9.17) is 19.4 Å². The highest BCUT2D eigenvalue weighted by Gasteiger charge is 2.37. The van der Waals surface area contributed by atoms with Gasteiger partial charge in [0, 0.05) is 63.7 Å². The number of hydrogen-bond donors (Lipinski definition) is 4. The summed E-state index contributed by atoms with van der Waals surface area (Å²) in [7, 11) is 1.37. The summed E-state index contributed by atoms with van der Waals surface area (Å²) >= 11 is 0. The number of phenols is 1. The first kappa shape index (κ1) is 48.2. The number of aryl methyl sites for hydroxylation is 4.